The van der Waals surface area contributed by atoms with Gasteiger partial charge in [-0.15, -0.1) is 0 Å². The van der Waals surface area contributed by atoms with Crippen LogP contribution in [0.5, 0.6) is 0 Å². The molecule has 0 aliphatic carbocycles. The summed E-state index contributed by atoms with van der Waals surface area (Å²) in [5.74, 6) is 0.530. The molecule has 0 aromatic heterocycles. The number of nitrogens with zero attached hydrogens (tertiary/aromatic N) is 1. The highest BCUT2D eigenvalue weighted by atomic mass is 16.5. The minimum atomic E-state index is -0.513. The van der Waals surface area contributed by atoms with Crippen LogP contribution in [-0.4, -0.2) is 38.5 Å². The van der Waals surface area contributed by atoms with Crippen molar-refractivity contribution < 1.29 is 9.53 Å². The third-order valence-corrected chi connectivity index (χ3v) is 1.91. The number of methoxy groups -OCH3 is 1. The van der Waals surface area contributed by atoms with Gasteiger partial charge in [-0.1, -0.05) is 0 Å². The molecule has 1 unspecified atom stereocenters. The third-order valence-electron chi connectivity index (χ3n) is 1.91. The molecule has 0 aromatic carbocycles. The summed E-state index contributed by atoms with van der Waals surface area (Å²) in [5, 5.41) is 3.09. The molecule has 1 atom stereocenters. The normalized spacial score (nSPS) is 13.6. The van der Waals surface area contributed by atoms with Gasteiger partial charge in [-0.05, 0) is 19.8 Å². The Morgan fingerprint density at radius 1 is 1.64 bits per heavy atom. The third kappa shape index (κ3) is 5.53. The largest absolute Gasteiger partial charge is 0.468 e. The topological polar surface area (TPSA) is 76.7 Å². The number of esters is 1. The smallest absolute Gasteiger partial charge is 0.322 e. The van der Waals surface area contributed by atoms with Crippen LogP contribution in [0, 0.1) is 0 Å². The lowest BCUT2D eigenvalue weighted by Gasteiger charge is -2.09. The molecular formula is C9H19N3O2. The fourth-order valence-electron chi connectivity index (χ4n) is 0.940. The van der Waals surface area contributed by atoms with Gasteiger partial charge in [-0.2, -0.15) is 0 Å². The van der Waals surface area contributed by atoms with E-state index in [1.807, 2.05) is 6.92 Å². The first-order chi connectivity index (χ1) is 6.61. The van der Waals surface area contributed by atoms with E-state index in [9.17, 15) is 4.79 Å². The number of carbonyl (C=O) groups is 1. The van der Waals surface area contributed by atoms with Crippen molar-refractivity contribution in [1.29, 1.82) is 0 Å². The summed E-state index contributed by atoms with van der Waals surface area (Å²) in [5.41, 5.74) is 5.54. The molecule has 0 saturated carbocycles. The summed E-state index contributed by atoms with van der Waals surface area (Å²) in [4.78, 5) is 14.8. The van der Waals surface area contributed by atoms with Crippen molar-refractivity contribution in [3.63, 3.8) is 0 Å². The molecule has 14 heavy (non-hydrogen) atoms. The summed E-state index contributed by atoms with van der Waals surface area (Å²) in [6.45, 7) is 2.66. The Bertz CT molecular complexity index is 204. The van der Waals surface area contributed by atoms with E-state index in [2.05, 4.69) is 15.0 Å². The second-order valence-corrected chi connectivity index (χ2v) is 3.01. The van der Waals surface area contributed by atoms with Crippen LogP contribution in [0.2, 0.25) is 0 Å². The van der Waals surface area contributed by atoms with E-state index in [4.69, 9.17) is 5.73 Å². The zero-order valence-electron chi connectivity index (χ0n) is 9.04. The van der Waals surface area contributed by atoms with Crippen LogP contribution < -0.4 is 11.1 Å². The average Bonchev–Trinajstić information content (AvgIpc) is 2.22. The van der Waals surface area contributed by atoms with E-state index in [-0.39, 0.29) is 5.97 Å². The van der Waals surface area contributed by atoms with Gasteiger partial charge in [0.25, 0.3) is 0 Å². The molecule has 0 radical (unpaired) electrons. The van der Waals surface area contributed by atoms with Crippen molar-refractivity contribution in [2.45, 2.75) is 25.8 Å². The number of hydrogen-bond donors (Lipinski definition) is 2. The van der Waals surface area contributed by atoms with E-state index in [1.165, 1.54) is 7.11 Å². The fourth-order valence-corrected chi connectivity index (χ4v) is 0.940. The van der Waals surface area contributed by atoms with Crippen LogP contribution >= 0.6 is 0 Å². The number of nitrogens with two attached hydrogens (primary N) is 1. The second kappa shape index (κ2) is 7.32. The molecule has 0 rings (SSSR count). The van der Waals surface area contributed by atoms with Gasteiger partial charge in [-0.3, -0.25) is 9.79 Å². The Morgan fingerprint density at radius 2 is 2.29 bits per heavy atom. The molecule has 82 valence electrons. The van der Waals surface area contributed by atoms with Crippen LogP contribution in [-0.2, 0) is 9.53 Å². The highest BCUT2D eigenvalue weighted by Gasteiger charge is 2.12. The van der Waals surface area contributed by atoms with E-state index >= 15 is 0 Å². The van der Waals surface area contributed by atoms with Crippen LogP contribution in [0.25, 0.3) is 0 Å². The molecule has 0 aliphatic heterocycles. The summed E-state index contributed by atoms with van der Waals surface area (Å²) in [7, 11) is 3.07. The standard InChI is InChI=1S/C9H19N3O2/c1-7(11-2)12-6-4-5-8(10)9(13)14-3/h8H,4-6,10H2,1-3H3,(H,11,12). The molecule has 3 N–H and O–H groups in total. The first kappa shape index (κ1) is 12.9. The first-order valence-electron chi connectivity index (χ1n) is 4.62. The Morgan fingerprint density at radius 3 is 2.79 bits per heavy atom. The SMILES string of the molecule is CN=C(C)NCCCC(N)C(=O)OC. The molecule has 0 bridgehead atoms. The number of aliphatic imine (C=N–C) groups is 1. The van der Waals surface area contributed by atoms with Crippen molar-refractivity contribution in [3.8, 4) is 0 Å². The molecule has 0 spiro atoms. The van der Waals surface area contributed by atoms with Crippen molar-refractivity contribution in [3.05, 3.63) is 0 Å². The lowest BCUT2D eigenvalue weighted by Crippen LogP contribution is -2.32. The number of amidine groups is 1. The van der Waals surface area contributed by atoms with Crippen LogP contribution in [0.4, 0.5) is 0 Å². The van der Waals surface area contributed by atoms with Gasteiger partial charge in [0.2, 0.25) is 0 Å². The van der Waals surface area contributed by atoms with E-state index in [0.29, 0.717) is 6.42 Å². The van der Waals surface area contributed by atoms with Gasteiger partial charge in [0.05, 0.1) is 12.9 Å². The summed E-state index contributed by atoms with van der Waals surface area (Å²) < 4.78 is 4.50. The molecule has 0 fully saturated rings. The molecular weight excluding hydrogens is 182 g/mol. The maximum Gasteiger partial charge on any atom is 0.322 e. The van der Waals surface area contributed by atoms with E-state index < -0.39 is 6.04 Å². The number of carbonyl (C=O) groups excluding carboxylic acids is 1. The quantitative estimate of drug-likeness (QED) is 0.282. The number of hydrogen-bond acceptors (Lipinski definition) is 4. The maximum absolute atomic E-state index is 10.9. The van der Waals surface area contributed by atoms with Gasteiger partial charge in [0.1, 0.15) is 6.04 Å². The predicted octanol–water partition coefficient (Wildman–Crippen LogP) is -0.0953. The minimum absolute atomic E-state index is 0.356. The lowest BCUT2D eigenvalue weighted by atomic mass is 10.2. The van der Waals surface area contributed by atoms with Gasteiger partial charge in [0, 0.05) is 13.6 Å². The monoisotopic (exact) mass is 201 g/mol. The van der Waals surface area contributed by atoms with Crippen molar-refractivity contribution in [2.24, 2.45) is 10.7 Å². The maximum atomic E-state index is 10.9. The van der Waals surface area contributed by atoms with E-state index in [0.717, 1.165) is 18.8 Å². The molecule has 0 heterocycles. The Hall–Kier alpha value is -1.10. The first-order valence-corrected chi connectivity index (χ1v) is 4.62. The predicted molar refractivity (Wildman–Crippen MR) is 56.3 cm³/mol. The van der Waals surface area contributed by atoms with Gasteiger partial charge in [0.15, 0.2) is 0 Å². The van der Waals surface area contributed by atoms with Gasteiger partial charge >= 0.3 is 5.97 Å². The number of ether oxygens (including phenoxy) is 1. The minimum Gasteiger partial charge on any atom is -0.468 e. The molecule has 0 aromatic rings. The average molecular weight is 201 g/mol. The van der Waals surface area contributed by atoms with Crippen molar-refractivity contribution >= 4 is 11.8 Å². The Balaban J connectivity index is 3.50. The highest BCUT2D eigenvalue weighted by Crippen LogP contribution is 1.95. The Kier molecular flexibility index (Phi) is 6.74. The van der Waals surface area contributed by atoms with Gasteiger partial charge in [-0.25, -0.2) is 0 Å². The number of nitrogens with one attached hydrogen (secondary N) is 1. The van der Waals surface area contributed by atoms with Crippen molar-refractivity contribution in [2.75, 3.05) is 20.7 Å². The zero-order chi connectivity index (χ0) is 11.0. The van der Waals surface area contributed by atoms with Gasteiger partial charge < -0.3 is 15.8 Å². The zero-order valence-corrected chi connectivity index (χ0v) is 9.04. The molecule has 0 saturated heterocycles. The Labute approximate surface area is 84.7 Å². The van der Waals surface area contributed by atoms with Crippen LogP contribution in [0.1, 0.15) is 19.8 Å². The second-order valence-electron chi connectivity index (χ2n) is 3.01. The highest BCUT2D eigenvalue weighted by molar-refractivity contribution is 5.79. The summed E-state index contributed by atoms with van der Waals surface area (Å²) >= 11 is 0. The molecule has 5 nitrogen and oxygen atoms in total. The number of rotatable bonds is 5. The van der Waals surface area contributed by atoms with Crippen LogP contribution in [0.15, 0.2) is 4.99 Å². The fraction of sp³-hybridized carbons (Fsp3) is 0.778. The van der Waals surface area contributed by atoms with E-state index in [1.54, 1.807) is 7.05 Å². The molecule has 0 amide bonds. The summed E-state index contributed by atoms with van der Waals surface area (Å²) in [6, 6.07) is -0.513. The molecule has 5 heteroatoms. The molecule has 0 aliphatic rings. The van der Waals surface area contributed by atoms with Crippen LogP contribution in [0.3, 0.4) is 0 Å². The lowest BCUT2D eigenvalue weighted by molar-refractivity contribution is -0.142. The summed E-state index contributed by atoms with van der Waals surface area (Å²) in [6.07, 6.45) is 1.44. The van der Waals surface area contributed by atoms with Crippen molar-refractivity contribution in [1.82, 2.24) is 5.32 Å².